The first-order valence-corrected chi connectivity index (χ1v) is 7.44. The molecule has 1 saturated heterocycles. The molecule has 1 atom stereocenters. The van der Waals surface area contributed by atoms with E-state index in [0.29, 0.717) is 36.5 Å². The van der Waals surface area contributed by atoms with E-state index in [1.807, 2.05) is 18.2 Å². The molecule has 0 radical (unpaired) electrons. The average Bonchev–Trinajstić information content (AvgIpc) is 3.11. The van der Waals surface area contributed by atoms with Crippen molar-refractivity contribution in [3.05, 3.63) is 29.3 Å². The number of carbonyl (C=O) groups excluding carboxylic acids is 2. The molecule has 1 aliphatic heterocycles. The molecule has 1 heterocycles. The van der Waals surface area contributed by atoms with Gasteiger partial charge >= 0.3 is 0 Å². The van der Waals surface area contributed by atoms with Gasteiger partial charge in [-0.15, -0.1) is 12.4 Å². The smallest absolute Gasteiger partial charge is 0.249 e. The number of likely N-dealkylation sites (N-methyl/N-ethyl adjacent to an activating group) is 1. The SMILES string of the molecule is CN(C(=O)C1(N)CC1)C1CCN(c2ccccc2Cl)C1=O.Cl. The minimum atomic E-state index is -0.743. The molecule has 22 heavy (non-hydrogen) atoms. The van der Waals surface area contributed by atoms with Gasteiger partial charge in [0, 0.05) is 13.6 Å². The van der Waals surface area contributed by atoms with Crippen LogP contribution in [0.15, 0.2) is 24.3 Å². The van der Waals surface area contributed by atoms with Crippen LogP contribution in [0, 0.1) is 0 Å². The normalized spacial score (nSPS) is 22.2. The van der Waals surface area contributed by atoms with Gasteiger partial charge in [-0.05, 0) is 31.4 Å². The van der Waals surface area contributed by atoms with E-state index in [1.54, 1.807) is 18.0 Å². The summed E-state index contributed by atoms with van der Waals surface area (Å²) in [6.45, 7) is 0.558. The van der Waals surface area contributed by atoms with Crippen molar-refractivity contribution in [2.75, 3.05) is 18.5 Å². The van der Waals surface area contributed by atoms with Gasteiger partial charge in [0.15, 0.2) is 0 Å². The molecule has 0 aromatic heterocycles. The van der Waals surface area contributed by atoms with Gasteiger partial charge in [-0.1, -0.05) is 23.7 Å². The average molecular weight is 344 g/mol. The Hall–Kier alpha value is -1.30. The quantitative estimate of drug-likeness (QED) is 0.910. The highest BCUT2D eigenvalue weighted by molar-refractivity contribution is 6.34. The first-order chi connectivity index (χ1) is 9.94. The Morgan fingerprint density at radius 1 is 1.41 bits per heavy atom. The maximum absolute atomic E-state index is 12.6. The van der Waals surface area contributed by atoms with Gasteiger partial charge in [0.2, 0.25) is 11.8 Å². The molecule has 1 unspecified atom stereocenters. The number of nitrogens with two attached hydrogens (primary N) is 1. The zero-order chi connectivity index (χ0) is 15.2. The predicted octanol–water partition coefficient (Wildman–Crippen LogP) is 1.82. The van der Waals surface area contributed by atoms with Crippen molar-refractivity contribution >= 4 is 41.5 Å². The standard InChI is InChI=1S/C15H18ClN3O2.ClH/c1-18(14(21)15(17)7-8-15)12-6-9-19(13(12)20)11-5-3-2-4-10(11)16;/h2-5,12H,6-9,17H2,1H3;1H. The van der Waals surface area contributed by atoms with Crippen molar-refractivity contribution in [2.45, 2.75) is 30.8 Å². The van der Waals surface area contributed by atoms with Crippen molar-refractivity contribution in [1.82, 2.24) is 4.90 Å². The zero-order valence-corrected chi connectivity index (χ0v) is 13.9. The number of anilines is 1. The molecule has 2 aliphatic rings. The molecule has 2 N–H and O–H groups in total. The number of rotatable bonds is 3. The number of amides is 2. The first kappa shape index (κ1) is 17.1. The molecule has 1 aliphatic carbocycles. The molecule has 7 heteroatoms. The highest BCUT2D eigenvalue weighted by Gasteiger charge is 2.50. The van der Waals surface area contributed by atoms with Crippen LogP contribution in [0.4, 0.5) is 5.69 Å². The summed E-state index contributed by atoms with van der Waals surface area (Å²) in [7, 11) is 1.66. The van der Waals surface area contributed by atoms with Crippen LogP contribution in [0.1, 0.15) is 19.3 Å². The second-order valence-corrected chi connectivity index (χ2v) is 6.23. The summed E-state index contributed by atoms with van der Waals surface area (Å²) >= 11 is 6.15. The van der Waals surface area contributed by atoms with Gasteiger partial charge in [-0.2, -0.15) is 0 Å². The summed E-state index contributed by atoms with van der Waals surface area (Å²) in [6.07, 6.45) is 2.00. The van der Waals surface area contributed by atoms with Gasteiger partial charge in [-0.3, -0.25) is 9.59 Å². The van der Waals surface area contributed by atoms with E-state index in [4.69, 9.17) is 17.3 Å². The van der Waals surface area contributed by atoms with Crippen LogP contribution in [0.2, 0.25) is 5.02 Å². The minimum absolute atomic E-state index is 0. The molecule has 2 amide bonds. The highest BCUT2D eigenvalue weighted by Crippen LogP contribution is 2.36. The maximum Gasteiger partial charge on any atom is 0.249 e. The minimum Gasteiger partial charge on any atom is -0.332 e. The van der Waals surface area contributed by atoms with Crippen LogP contribution >= 0.6 is 24.0 Å². The number of halogens is 2. The summed E-state index contributed by atoms with van der Waals surface area (Å²) in [5.74, 6) is -0.231. The molecule has 3 rings (SSSR count). The molecule has 1 saturated carbocycles. The fourth-order valence-corrected chi connectivity index (χ4v) is 3.01. The van der Waals surface area contributed by atoms with Crippen molar-refractivity contribution < 1.29 is 9.59 Å². The molecule has 0 bridgehead atoms. The highest BCUT2D eigenvalue weighted by atomic mass is 35.5. The van der Waals surface area contributed by atoms with E-state index in [9.17, 15) is 9.59 Å². The number of carbonyl (C=O) groups is 2. The Balaban J connectivity index is 0.00000176. The number of benzene rings is 1. The Morgan fingerprint density at radius 2 is 2.05 bits per heavy atom. The van der Waals surface area contributed by atoms with Crippen LogP contribution in [0.5, 0.6) is 0 Å². The number of hydrogen-bond donors (Lipinski definition) is 1. The Kier molecular flexibility index (Phi) is 4.70. The van der Waals surface area contributed by atoms with Crippen molar-refractivity contribution in [3.8, 4) is 0 Å². The monoisotopic (exact) mass is 343 g/mol. The molecule has 2 fully saturated rings. The van der Waals surface area contributed by atoms with E-state index in [2.05, 4.69) is 0 Å². The third kappa shape index (κ3) is 2.81. The molecule has 5 nitrogen and oxygen atoms in total. The van der Waals surface area contributed by atoms with Gasteiger partial charge in [0.1, 0.15) is 6.04 Å². The van der Waals surface area contributed by atoms with Gasteiger partial charge < -0.3 is 15.5 Å². The molecule has 1 aromatic carbocycles. The van der Waals surface area contributed by atoms with Crippen LogP contribution in [-0.4, -0.2) is 41.9 Å². The van der Waals surface area contributed by atoms with E-state index < -0.39 is 11.6 Å². The summed E-state index contributed by atoms with van der Waals surface area (Å²) in [5, 5.41) is 0.540. The third-order valence-electron chi connectivity index (χ3n) is 4.32. The number of para-hydroxylation sites is 1. The van der Waals surface area contributed by atoms with E-state index in [-0.39, 0.29) is 24.2 Å². The lowest BCUT2D eigenvalue weighted by molar-refractivity contribution is -0.138. The molecule has 0 spiro atoms. The summed E-state index contributed by atoms with van der Waals surface area (Å²) in [6, 6.07) is 6.79. The molecular weight excluding hydrogens is 325 g/mol. The largest absolute Gasteiger partial charge is 0.332 e. The van der Waals surface area contributed by atoms with Crippen LogP contribution in [0.25, 0.3) is 0 Å². The lowest BCUT2D eigenvalue weighted by atomic mass is 10.1. The van der Waals surface area contributed by atoms with E-state index >= 15 is 0 Å². The van der Waals surface area contributed by atoms with Crippen molar-refractivity contribution in [1.29, 1.82) is 0 Å². The zero-order valence-electron chi connectivity index (χ0n) is 12.3. The first-order valence-electron chi connectivity index (χ1n) is 7.06. The Bertz CT molecular complexity index is 604. The number of nitrogens with zero attached hydrogens (tertiary/aromatic N) is 2. The van der Waals surface area contributed by atoms with Gasteiger partial charge in [-0.25, -0.2) is 0 Å². The van der Waals surface area contributed by atoms with Crippen LogP contribution < -0.4 is 10.6 Å². The Labute approximate surface area is 140 Å². The van der Waals surface area contributed by atoms with E-state index in [1.165, 1.54) is 4.90 Å². The van der Waals surface area contributed by atoms with Gasteiger partial charge in [0.05, 0.1) is 16.2 Å². The summed E-state index contributed by atoms with van der Waals surface area (Å²) in [5.41, 5.74) is 5.89. The molecule has 120 valence electrons. The van der Waals surface area contributed by atoms with Crippen molar-refractivity contribution in [3.63, 3.8) is 0 Å². The molecule has 1 aromatic rings. The topological polar surface area (TPSA) is 66.6 Å². The fraction of sp³-hybridized carbons (Fsp3) is 0.467. The lowest BCUT2D eigenvalue weighted by Crippen LogP contribution is -2.50. The maximum atomic E-state index is 12.6. The van der Waals surface area contributed by atoms with E-state index in [0.717, 1.165) is 0 Å². The number of hydrogen-bond acceptors (Lipinski definition) is 3. The second-order valence-electron chi connectivity index (χ2n) is 5.82. The summed E-state index contributed by atoms with van der Waals surface area (Å²) in [4.78, 5) is 28.0. The van der Waals surface area contributed by atoms with Crippen LogP contribution in [-0.2, 0) is 9.59 Å². The van der Waals surface area contributed by atoms with Gasteiger partial charge in [0.25, 0.3) is 0 Å². The fourth-order valence-electron chi connectivity index (χ4n) is 2.78. The van der Waals surface area contributed by atoms with Crippen molar-refractivity contribution in [2.24, 2.45) is 5.73 Å². The predicted molar refractivity (Wildman–Crippen MR) is 88.4 cm³/mol. The summed E-state index contributed by atoms with van der Waals surface area (Å²) < 4.78 is 0. The lowest BCUT2D eigenvalue weighted by Gasteiger charge is -2.26. The Morgan fingerprint density at radius 3 is 2.64 bits per heavy atom. The third-order valence-corrected chi connectivity index (χ3v) is 4.64. The van der Waals surface area contributed by atoms with Crippen LogP contribution in [0.3, 0.4) is 0 Å². The molecular formula is C15H19Cl2N3O2. The second kappa shape index (κ2) is 6.07.